The van der Waals surface area contributed by atoms with Gasteiger partial charge in [-0.15, -0.1) is 0 Å². The average molecular weight is 183 g/mol. The first-order valence-corrected chi connectivity index (χ1v) is 6.09. The first-order valence-electron chi connectivity index (χ1n) is 6.09. The molecule has 0 aromatic heterocycles. The van der Waals surface area contributed by atoms with Crippen molar-refractivity contribution >= 4 is 0 Å². The van der Waals surface area contributed by atoms with E-state index in [1.54, 1.807) is 0 Å². The van der Waals surface area contributed by atoms with E-state index in [9.17, 15) is 0 Å². The van der Waals surface area contributed by atoms with Gasteiger partial charge in [0.05, 0.1) is 0 Å². The van der Waals surface area contributed by atoms with Gasteiger partial charge >= 0.3 is 0 Å². The molecule has 1 fully saturated rings. The maximum atomic E-state index is 3.39. The summed E-state index contributed by atoms with van der Waals surface area (Å²) >= 11 is 0. The molecule has 1 nitrogen and oxygen atoms in total. The molecular weight excluding hydrogens is 158 g/mol. The topological polar surface area (TPSA) is 12.0 Å². The summed E-state index contributed by atoms with van der Waals surface area (Å²) in [4.78, 5) is 0. The minimum absolute atomic E-state index is 1.01. The van der Waals surface area contributed by atoms with Crippen LogP contribution in [0.3, 0.4) is 0 Å². The van der Waals surface area contributed by atoms with Crippen LogP contribution in [-0.4, -0.2) is 13.1 Å². The molecule has 78 valence electrons. The van der Waals surface area contributed by atoms with Crippen molar-refractivity contribution in [3.63, 3.8) is 0 Å². The SMILES string of the molecule is CCCCC(CCCC)C1CNC1. The third kappa shape index (κ3) is 3.68. The van der Waals surface area contributed by atoms with Crippen molar-refractivity contribution in [1.29, 1.82) is 0 Å². The number of hydrogen-bond donors (Lipinski definition) is 1. The van der Waals surface area contributed by atoms with Crippen molar-refractivity contribution in [1.82, 2.24) is 5.32 Å². The lowest BCUT2D eigenvalue weighted by molar-refractivity contribution is 0.204. The predicted molar refractivity (Wildman–Crippen MR) is 58.9 cm³/mol. The molecule has 0 unspecified atom stereocenters. The highest BCUT2D eigenvalue weighted by Crippen LogP contribution is 2.26. The van der Waals surface area contributed by atoms with Gasteiger partial charge in [0.25, 0.3) is 0 Å². The molecule has 1 aliphatic heterocycles. The van der Waals surface area contributed by atoms with Crippen LogP contribution < -0.4 is 5.32 Å². The Morgan fingerprint density at radius 1 is 1.08 bits per heavy atom. The zero-order chi connectivity index (χ0) is 9.52. The van der Waals surface area contributed by atoms with Crippen LogP contribution in [0.5, 0.6) is 0 Å². The van der Waals surface area contributed by atoms with E-state index in [1.165, 1.54) is 51.6 Å². The fraction of sp³-hybridized carbons (Fsp3) is 1.00. The molecule has 0 radical (unpaired) electrons. The van der Waals surface area contributed by atoms with E-state index >= 15 is 0 Å². The first-order chi connectivity index (χ1) is 6.38. The van der Waals surface area contributed by atoms with E-state index in [2.05, 4.69) is 19.2 Å². The van der Waals surface area contributed by atoms with Crippen LogP contribution in [0.15, 0.2) is 0 Å². The van der Waals surface area contributed by atoms with E-state index in [1.807, 2.05) is 0 Å². The summed E-state index contributed by atoms with van der Waals surface area (Å²) < 4.78 is 0. The maximum Gasteiger partial charge on any atom is -0.000559 e. The normalized spacial score (nSPS) is 17.8. The van der Waals surface area contributed by atoms with E-state index in [0.29, 0.717) is 0 Å². The van der Waals surface area contributed by atoms with Crippen molar-refractivity contribution in [2.24, 2.45) is 11.8 Å². The van der Waals surface area contributed by atoms with Crippen LogP contribution in [0.25, 0.3) is 0 Å². The zero-order valence-corrected chi connectivity index (χ0v) is 9.31. The van der Waals surface area contributed by atoms with E-state index in [0.717, 1.165) is 11.8 Å². The maximum absolute atomic E-state index is 3.39. The second-order valence-corrected chi connectivity index (χ2v) is 4.46. The Hall–Kier alpha value is -0.0400. The van der Waals surface area contributed by atoms with Gasteiger partial charge in [-0.05, 0) is 24.9 Å². The van der Waals surface area contributed by atoms with Gasteiger partial charge in [0, 0.05) is 0 Å². The van der Waals surface area contributed by atoms with Crippen molar-refractivity contribution in [3.05, 3.63) is 0 Å². The third-order valence-electron chi connectivity index (χ3n) is 3.34. The molecule has 1 rings (SSSR count). The molecule has 0 spiro atoms. The lowest BCUT2D eigenvalue weighted by Crippen LogP contribution is -2.46. The van der Waals surface area contributed by atoms with Gasteiger partial charge in [-0.25, -0.2) is 0 Å². The van der Waals surface area contributed by atoms with Gasteiger partial charge in [-0.3, -0.25) is 0 Å². The zero-order valence-electron chi connectivity index (χ0n) is 9.31. The summed E-state index contributed by atoms with van der Waals surface area (Å²) in [5.41, 5.74) is 0. The highest BCUT2D eigenvalue weighted by molar-refractivity contribution is 4.81. The average Bonchev–Trinajstić information content (AvgIpc) is 2.06. The highest BCUT2D eigenvalue weighted by Gasteiger charge is 2.25. The smallest absolute Gasteiger partial charge is 0.000559 e. The Labute approximate surface area is 83.3 Å². The summed E-state index contributed by atoms with van der Waals surface area (Å²) in [6, 6.07) is 0. The molecule has 1 heteroatoms. The predicted octanol–water partition coefficient (Wildman–Crippen LogP) is 3.20. The Morgan fingerprint density at radius 2 is 1.62 bits per heavy atom. The molecule has 0 aliphatic carbocycles. The molecule has 0 aromatic carbocycles. The quantitative estimate of drug-likeness (QED) is 0.639. The van der Waals surface area contributed by atoms with Crippen LogP contribution in [0.4, 0.5) is 0 Å². The molecular formula is C12H25N. The van der Waals surface area contributed by atoms with Gasteiger partial charge in [0.15, 0.2) is 0 Å². The number of unbranched alkanes of at least 4 members (excludes halogenated alkanes) is 2. The third-order valence-corrected chi connectivity index (χ3v) is 3.34. The van der Waals surface area contributed by atoms with Gasteiger partial charge in [0.1, 0.15) is 0 Å². The second-order valence-electron chi connectivity index (χ2n) is 4.46. The Bertz CT molecular complexity index is 110. The Morgan fingerprint density at radius 3 is 1.92 bits per heavy atom. The molecule has 0 aromatic rings. The Balaban J connectivity index is 2.16. The van der Waals surface area contributed by atoms with Crippen molar-refractivity contribution < 1.29 is 0 Å². The molecule has 1 saturated heterocycles. The Kier molecular flexibility index (Phi) is 5.45. The van der Waals surface area contributed by atoms with Crippen LogP contribution in [-0.2, 0) is 0 Å². The standard InChI is InChI=1S/C12H25N/c1-3-5-7-11(8-6-4-2)12-9-13-10-12/h11-13H,3-10H2,1-2H3. The van der Waals surface area contributed by atoms with Crippen LogP contribution in [0, 0.1) is 11.8 Å². The number of hydrogen-bond acceptors (Lipinski definition) is 1. The van der Waals surface area contributed by atoms with E-state index in [4.69, 9.17) is 0 Å². The van der Waals surface area contributed by atoms with Crippen molar-refractivity contribution in [2.45, 2.75) is 52.4 Å². The first kappa shape index (κ1) is 11.0. The molecule has 1 N–H and O–H groups in total. The van der Waals surface area contributed by atoms with Crippen LogP contribution in [0.1, 0.15) is 52.4 Å². The van der Waals surface area contributed by atoms with Crippen molar-refractivity contribution in [2.75, 3.05) is 13.1 Å². The van der Waals surface area contributed by atoms with E-state index in [-0.39, 0.29) is 0 Å². The molecule has 0 atom stereocenters. The van der Waals surface area contributed by atoms with Crippen molar-refractivity contribution in [3.8, 4) is 0 Å². The van der Waals surface area contributed by atoms with Gasteiger partial charge in [-0.1, -0.05) is 52.4 Å². The fourth-order valence-corrected chi connectivity index (χ4v) is 2.19. The molecule has 1 aliphatic rings. The largest absolute Gasteiger partial charge is 0.316 e. The number of nitrogens with one attached hydrogen (secondary N) is 1. The molecule has 0 bridgehead atoms. The summed E-state index contributed by atoms with van der Waals surface area (Å²) in [5, 5.41) is 3.39. The molecule has 1 heterocycles. The molecule has 0 amide bonds. The monoisotopic (exact) mass is 183 g/mol. The van der Waals surface area contributed by atoms with Crippen LogP contribution >= 0.6 is 0 Å². The summed E-state index contributed by atoms with van der Waals surface area (Å²) in [6.45, 7) is 7.18. The van der Waals surface area contributed by atoms with Gasteiger partial charge < -0.3 is 5.32 Å². The summed E-state index contributed by atoms with van der Waals surface area (Å²) in [5.74, 6) is 2.04. The lowest BCUT2D eigenvalue weighted by Gasteiger charge is -2.35. The fourth-order valence-electron chi connectivity index (χ4n) is 2.19. The highest BCUT2D eigenvalue weighted by atomic mass is 14.9. The minimum atomic E-state index is 1.01. The molecule has 13 heavy (non-hydrogen) atoms. The summed E-state index contributed by atoms with van der Waals surface area (Å²) in [6.07, 6.45) is 8.55. The second kappa shape index (κ2) is 6.42. The van der Waals surface area contributed by atoms with Gasteiger partial charge in [-0.2, -0.15) is 0 Å². The summed E-state index contributed by atoms with van der Waals surface area (Å²) in [7, 11) is 0. The van der Waals surface area contributed by atoms with Crippen LogP contribution in [0.2, 0.25) is 0 Å². The van der Waals surface area contributed by atoms with E-state index < -0.39 is 0 Å². The van der Waals surface area contributed by atoms with Gasteiger partial charge in [0.2, 0.25) is 0 Å². The number of rotatable bonds is 7. The lowest BCUT2D eigenvalue weighted by atomic mass is 9.81. The minimum Gasteiger partial charge on any atom is -0.316 e. The molecule has 0 saturated carbocycles.